The Kier molecular flexibility index (Phi) is 6.47. The van der Waals surface area contributed by atoms with Crippen LogP contribution in [0.3, 0.4) is 0 Å². The van der Waals surface area contributed by atoms with Crippen LogP contribution in [0.15, 0.2) is 77.7 Å². The van der Waals surface area contributed by atoms with Gasteiger partial charge in [-0.05, 0) is 61.0 Å². The molecular formula is C21H18Cl2N2O3S. The molecule has 0 heterocycles. The highest BCUT2D eigenvalue weighted by Crippen LogP contribution is 2.25. The summed E-state index contributed by atoms with van der Waals surface area (Å²) in [5, 5.41) is 3.66. The van der Waals surface area contributed by atoms with Crippen LogP contribution >= 0.6 is 23.2 Å². The predicted octanol–water partition coefficient (Wildman–Crippen LogP) is 5.14. The monoisotopic (exact) mass is 448 g/mol. The summed E-state index contributed by atoms with van der Waals surface area (Å²) >= 11 is 12.0. The van der Waals surface area contributed by atoms with Gasteiger partial charge >= 0.3 is 0 Å². The SMILES string of the molecule is Cc1ccc(NC(=O)CN(c2ccc(Cl)cc2)S(=O)(=O)c2ccccc2)cc1Cl. The summed E-state index contributed by atoms with van der Waals surface area (Å²) in [6, 6.07) is 19.3. The van der Waals surface area contributed by atoms with Crippen molar-refractivity contribution >= 4 is 50.5 Å². The van der Waals surface area contributed by atoms with Gasteiger partial charge < -0.3 is 5.32 Å². The highest BCUT2D eigenvalue weighted by atomic mass is 35.5. The van der Waals surface area contributed by atoms with Gasteiger partial charge in [0.25, 0.3) is 10.0 Å². The van der Waals surface area contributed by atoms with E-state index in [4.69, 9.17) is 23.2 Å². The number of nitrogens with zero attached hydrogens (tertiary/aromatic N) is 1. The Balaban J connectivity index is 1.92. The second-order valence-electron chi connectivity index (χ2n) is 6.31. The molecule has 0 aliphatic heterocycles. The first-order valence-corrected chi connectivity index (χ1v) is 10.9. The van der Waals surface area contributed by atoms with Gasteiger partial charge in [-0.2, -0.15) is 0 Å². The maximum absolute atomic E-state index is 13.2. The number of rotatable bonds is 6. The first-order valence-electron chi connectivity index (χ1n) is 8.67. The Morgan fingerprint density at radius 2 is 1.62 bits per heavy atom. The first-order chi connectivity index (χ1) is 13.8. The van der Waals surface area contributed by atoms with Crippen molar-refractivity contribution in [2.24, 2.45) is 0 Å². The summed E-state index contributed by atoms with van der Waals surface area (Å²) in [4.78, 5) is 12.7. The Labute approximate surface area is 179 Å². The van der Waals surface area contributed by atoms with Gasteiger partial charge in [0.05, 0.1) is 10.6 Å². The molecule has 0 saturated heterocycles. The Bertz CT molecular complexity index is 1120. The highest BCUT2D eigenvalue weighted by Gasteiger charge is 2.27. The molecule has 0 saturated carbocycles. The minimum Gasteiger partial charge on any atom is -0.324 e. The number of carbonyl (C=O) groups excluding carboxylic acids is 1. The van der Waals surface area contributed by atoms with Crippen molar-refractivity contribution in [2.75, 3.05) is 16.2 Å². The third-order valence-electron chi connectivity index (χ3n) is 4.19. The quantitative estimate of drug-likeness (QED) is 0.567. The van der Waals surface area contributed by atoms with Crippen molar-refractivity contribution in [1.82, 2.24) is 0 Å². The van der Waals surface area contributed by atoms with E-state index in [2.05, 4.69) is 5.32 Å². The summed E-state index contributed by atoms with van der Waals surface area (Å²) in [6.45, 7) is 1.44. The smallest absolute Gasteiger partial charge is 0.264 e. The predicted molar refractivity (Wildman–Crippen MR) is 117 cm³/mol. The molecule has 1 N–H and O–H groups in total. The number of carbonyl (C=O) groups is 1. The maximum Gasteiger partial charge on any atom is 0.264 e. The number of hydrogen-bond acceptors (Lipinski definition) is 3. The fourth-order valence-corrected chi connectivity index (χ4v) is 4.39. The highest BCUT2D eigenvalue weighted by molar-refractivity contribution is 7.92. The van der Waals surface area contributed by atoms with E-state index in [0.717, 1.165) is 9.87 Å². The Morgan fingerprint density at radius 3 is 2.24 bits per heavy atom. The average molecular weight is 449 g/mol. The van der Waals surface area contributed by atoms with Gasteiger partial charge in [0.15, 0.2) is 0 Å². The van der Waals surface area contributed by atoms with Crippen LogP contribution in [-0.4, -0.2) is 20.9 Å². The van der Waals surface area contributed by atoms with E-state index in [1.54, 1.807) is 60.7 Å². The number of aryl methyl sites for hydroxylation is 1. The van der Waals surface area contributed by atoms with Gasteiger partial charge in [-0.15, -0.1) is 0 Å². The zero-order chi connectivity index (χ0) is 21.0. The number of benzene rings is 3. The third-order valence-corrected chi connectivity index (χ3v) is 6.64. The third kappa shape index (κ3) is 5.09. The molecule has 0 atom stereocenters. The molecule has 0 aliphatic carbocycles. The molecule has 3 aromatic carbocycles. The van der Waals surface area contributed by atoms with Crippen molar-refractivity contribution in [1.29, 1.82) is 0 Å². The van der Waals surface area contributed by atoms with E-state index in [-0.39, 0.29) is 4.90 Å². The summed E-state index contributed by atoms with van der Waals surface area (Å²) in [5.74, 6) is -0.501. The summed E-state index contributed by atoms with van der Waals surface area (Å²) < 4.78 is 27.4. The number of nitrogens with one attached hydrogen (secondary N) is 1. The molecule has 0 aromatic heterocycles. The second kappa shape index (κ2) is 8.86. The molecule has 3 rings (SSSR count). The van der Waals surface area contributed by atoms with Crippen molar-refractivity contribution in [2.45, 2.75) is 11.8 Å². The van der Waals surface area contributed by atoms with Crippen molar-refractivity contribution in [3.05, 3.63) is 88.4 Å². The van der Waals surface area contributed by atoms with Crippen LogP contribution < -0.4 is 9.62 Å². The molecule has 1 amide bonds. The van der Waals surface area contributed by atoms with Gasteiger partial charge in [0.2, 0.25) is 5.91 Å². The number of halogens is 2. The van der Waals surface area contributed by atoms with Gasteiger partial charge in [0.1, 0.15) is 6.54 Å². The number of hydrogen-bond donors (Lipinski definition) is 1. The van der Waals surface area contributed by atoms with E-state index >= 15 is 0 Å². The molecule has 0 aliphatic rings. The first kappa shape index (κ1) is 21.2. The molecular weight excluding hydrogens is 431 g/mol. The van der Waals surface area contributed by atoms with E-state index < -0.39 is 22.5 Å². The number of anilines is 2. The zero-order valence-electron chi connectivity index (χ0n) is 15.5. The summed E-state index contributed by atoms with van der Waals surface area (Å²) in [5.41, 5.74) is 1.69. The van der Waals surface area contributed by atoms with Crippen LogP contribution in [0.1, 0.15) is 5.56 Å². The standard InChI is InChI=1S/C21H18Cl2N2O3S/c1-15-7-10-17(13-20(15)23)24-21(26)14-25(18-11-8-16(22)9-12-18)29(27,28)19-5-3-2-4-6-19/h2-13H,14H2,1H3,(H,24,26). The van der Waals surface area contributed by atoms with Crippen LogP contribution in [0.5, 0.6) is 0 Å². The molecule has 0 unspecified atom stereocenters. The average Bonchev–Trinajstić information content (AvgIpc) is 2.70. The molecule has 0 bridgehead atoms. The summed E-state index contributed by atoms with van der Waals surface area (Å²) in [6.07, 6.45) is 0. The van der Waals surface area contributed by atoms with E-state index in [9.17, 15) is 13.2 Å². The van der Waals surface area contributed by atoms with Crippen LogP contribution in [0.4, 0.5) is 11.4 Å². The van der Waals surface area contributed by atoms with Crippen molar-refractivity contribution < 1.29 is 13.2 Å². The van der Waals surface area contributed by atoms with Crippen LogP contribution in [0.2, 0.25) is 10.0 Å². The lowest BCUT2D eigenvalue weighted by Gasteiger charge is -2.24. The molecule has 150 valence electrons. The minimum atomic E-state index is -3.97. The Hall–Kier alpha value is -2.54. The minimum absolute atomic E-state index is 0.0844. The number of sulfonamides is 1. The normalized spacial score (nSPS) is 11.1. The lowest BCUT2D eigenvalue weighted by atomic mass is 10.2. The van der Waals surface area contributed by atoms with Crippen LogP contribution in [0, 0.1) is 6.92 Å². The van der Waals surface area contributed by atoms with Crippen LogP contribution in [0.25, 0.3) is 0 Å². The molecule has 0 fully saturated rings. The van der Waals surface area contributed by atoms with Gasteiger partial charge in [-0.3, -0.25) is 9.10 Å². The molecule has 0 spiro atoms. The largest absolute Gasteiger partial charge is 0.324 e. The molecule has 8 heteroatoms. The topological polar surface area (TPSA) is 66.5 Å². The molecule has 0 radical (unpaired) electrons. The Morgan fingerprint density at radius 1 is 0.966 bits per heavy atom. The van der Waals surface area contributed by atoms with Crippen molar-refractivity contribution in [3.63, 3.8) is 0 Å². The van der Waals surface area contributed by atoms with Crippen molar-refractivity contribution in [3.8, 4) is 0 Å². The fourth-order valence-electron chi connectivity index (χ4n) is 2.64. The molecule has 29 heavy (non-hydrogen) atoms. The van der Waals surface area contributed by atoms with Gasteiger partial charge in [-0.1, -0.05) is 47.5 Å². The maximum atomic E-state index is 13.2. The van der Waals surface area contributed by atoms with E-state index in [1.165, 1.54) is 12.1 Å². The fraction of sp³-hybridized carbons (Fsp3) is 0.0952. The van der Waals surface area contributed by atoms with Crippen LogP contribution in [-0.2, 0) is 14.8 Å². The second-order valence-corrected chi connectivity index (χ2v) is 9.02. The lowest BCUT2D eigenvalue weighted by Crippen LogP contribution is -2.38. The van der Waals surface area contributed by atoms with E-state index in [1.807, 2.05) is 6.92 Å². The number of amides is 1. The zero-order valence-corrected chi connectivity index (χ0v) is 17.8. The summed E-state index contributed by atoms with van der Waals surface area (Å²) in [7, 11) is -3.97. The van der Waals surface area contributed by atoms with E-state index in [0.29, 0.717) is 21.4 Å². The van der Waals surface area contributed by atoms with Gasteiger partial charge in [-0.25, -0.2) is 8.42 Å². The molecule has 3 aromatic rings. The van der Waals surface area contributed by atoms with Gasteiger partial charge in [0, 0.05) is 15.7 Å². The molecule has 5 nitrogen and oxygen atoms in total. The lowest BCUT2D eigenvalue weighted by molar-refractivity contribution is -0.114.